The zero-order chi connectivity index (χ0) is 22.4. The van der Waals surface area contributed by atoms with E-state index in [0.717, 1.165) is 11.8 Å². The molecule has 1 fully saturated rings. The summed E-state index contributed by atoms with van der Waals surface area (Å²) in [4.78, 5) is 19.3. The third-order valence-corrected chi connectivity index (χ3v) is 5.71. The van der Waals surface area contributed by atoms with Gasteiger partial charge in [-0.2, -0.15) is 13.2 Å². The Bertz CT molecular complexity index is 1130. The predicted octanol–water partition coefficient (Wildman–Crippen LogP) is 1.54. The predicted molar refractivity (Wildman–Crippen MR) is 106 cm³/mol. The number of nitrogens with one attached hydrogen (secondary N) is 4. The van der Waals surface area contributed by atoms with Gasteiger partial charge in [0.15, 0.2) is 0 Å². The monoisotopic (exact) mass is 456 g/mol. The number of fused-ring (bicyclic) bond motifs is 1. The number of aromatic nitrogens is 2. The molecule has 1 saturated heterocycles. The van der Waals surface area contributed by atoms with Crippen molar-refractivity contribution in [2.75, 3.05) is 30.0 Å². The Kier molecular flexibility index (Phi) is 5.35. The molecule has 0 spiro atoms. The summed E-state index contributed by atoms with van der Waals surface area (Å²) >= 11 is 0. The second kappa shape index (κ2) is 7.73. The van der Waals surface area contributed by atoms with Crippen LogP contribution >= 0.6 is 0 Å². The molecule has 1 aromatic heterocycles. The van der Waals surface area contributed by atoms with Gasteiger partial charge in [0.25, 0.3) is 0 Å². The molecule has 0 saturated carbocycles. The minimum atomic E-state index is -4.76. The Balaban J connectivity index is 1.71. The average molecular weight is 456 g/mol. The van der Waals surface area contributed by atoms with Gasteiger partial charge in [-0.05, 0) is 23.8 Å². The van der Waals surface area contributed by atoms with E-state index in [2.05, 4.69) is 30.6 Å². The van der Waals surface area contributed by atoms with Crippen molar-refractivity contribution in [3.8, 4) is 0 Å². The topological polar surface area (TPSA) is 125 Å². The number of hydrogen-bond acceptors (Lipinski definition) is 7. The SMILES string of the molecule is CS(=O)(=O)NC(c1nc(Nc2ccc3c(c2)CC(=O)N3)ncc1C(F)(F)F)C1CNC1. The van der Waals surface area contributed by atoms with E-state index in [9.17, 15) is 26.4 Å². The molecule has 31 heavy (non-hydrogen) atoms. The lowest BCUT2D eigenvalue weighted by atomic mass is 9.90. The van der Waals surface area contributed by atoms with Crippen LogP contribution in [-0.2, 0) is 27.4 Å². The maximum atomic E-state index is 13.6. The molecule has 1 unspecified atom stereocenters. The Labute approximate surface area is 175 Å². The molecule has 0 bridgehead atoms. The number of halogens is 3. The molecule has 2 aromatic rings. The smallest absolute Gasteiger partial charge is 0.326 e. The Morgan fingerprint density at radius 3 is 2.61 bits per heavy atom. The molecule has 4 N–H and O–H groups in total. The molecule has 1 amide bonds. The number of rotatable bonds is 6. The van der Waals surface area contributed by atoms with E-state index in [1.54, 1.807) is 18.2 Å². The van der Waals surface area contributed by atoms with E-state index in [1.165, 1.54) is 0 Å². The summed E-state index contributed by atoms with van der Waals surface area (Å²) in [6, 6.07) is 3.81. The van der Waals surface area contributed by atoms with Crippen molar-refractivity contribution >= 4 is 33.3 Å². The number of hydrogen-bond donors (Lipinski definition) is 4. The highest BCUT2D eigenvalue weighted by atomic mass is 32.2. The third kappa shape index (κ3) is 4.78. The zero-order valence-corrected chi connectivity index (χ0v) is 17.1. The summed E-state index contributed by atoms with van der Waals surface area (Å²) in [7, 11) is -3.80. The average Bonchev–Trinajstić information content (AvgIpc) is 2.97. The molecular formula is C18H19F3N6O3S. The second-order valence-corrected chi connectivity index (χ2v) is 9.28. The highest BCUT2D eigenvalue weighted by Gasteiger charge is 2.41. The highest BCUT2D eigenvalue weighted by molar-refractivity contribution is 7.88. The molecule has 2 aliphatic rings. The standard InChI is InChI=1S/C18H19F3N6O3S/c1-31(29,30)27-15(10-6-22-7-10)16-12(18(19,20)21)8-23-17(26-16)24-11-2-3-13-9(4-11)5-14(28)25-13/h2-4,8,10,15,22,27H,5-7H2,1H3,(H,25,28)(H,23,24,26). The fourth-order valence-electron chi connectivity index (χ4n) is 3.50. The molecule has 166 valence electrons. The molecule has 2 aliphatic heterocycles. The minimum absolute atomic E-state index is 0.118. The van der Waals surface area contributed by atoms with Crippen LogP contribution in [0.4, 0.5) is 30.5 Å². The van der Waals surface area contributed by atoms with Gasteiger partial charge in [0.1, 0.15) is 0 Å². The van der Waals surface area contributed by atoms with Crippen LogP contribution in [0.15, 0.2) is 24.4 Å². The summed E-state index contributed by atoms with van der Waals surface area (Å²) in [6.07, 6.45) is -3.03. The Hall–Kier alpha value is -2.77. The van der Waals surface area contributed by atoms with Crippen molar-refractivity contribution in [2.24, 2.45) is 5.92 Å². The maximum absolute atomic E-state index is 13.6. The van der Waals surface area contributed by atoms with E-state index < -0.39 is 39.4 Å². The molecule has 1 aromatic carbocycles. The first kappa shape index (κ1) is 21.5. The number of alkyl halides is 3. The summed E-state index contributed by atoms with van der Waals surface area (Å²) in [6.45, 7) is 0.701. The lowest BCUT2D eigenvalue weighted by Crippen LogP contribution is -2.50. The summed E-state index contributed by atoms with van der Waals surface area (Å²) in [5, 5.41) is 8.46. The van der Waals surface area contributed by atoms with Crippen molar-refractivity contribution in [3.63, 3.8) is 0 Å². The van der Waals surface area contributed by atoms with Crippen LogP contribution in [0.1, 0.15) is 22.9 Å². The quantitative estimate of drug-likeness (QED) is 0.520. The van der Waals surface area contributed by atoms with Crippen molar-refractivity contribution < 1.29 is 26.4 Å². The molecule has 4 rings (SSSR count). The molecule has 13 heteroatoms. The number of carbonyl (C=O) groups excluding carboxylic acids is 1. The van der Waals surface area contributed by atoms with Crippen molar-refractivity contribution in [2.45, 2.75) is 18.6 Å². The van der Waals surface area contributed by atoms with Gasteiger partial charge in [0.2, 0.25) is 21.9 Å². The van der Waals surface area contributed by atoms with Gasteiger partial charge in [0, 0.05) is 36.6 Å². The Morgan fingerprint density at radius 1 is 1.26 bits per heavy atom. The second-order valence-electron chi connectivity index (χ2n) is 7.50. The van der Waals surface area contributed by atoms with Crippen LogP contribution in [0, 0.1) is 5.92 Å². The van der Waals surface area contributed by atoms with Gasteiger partial charge < -0.3 is 16.0 Å². The number of carbonyl (C=O) groups is 1. The van der Waals surface area contributed by atoms with Crippen LogP contribution < -0.4 is 20.7 Å². The van der Waals surface area contributed by atoms with Crippen molar-refractivity contribution in [3.05, 3.63) is 41.2 Å². The van der Waals surface area contributed by atoms with E-state index >= 15 is 0 Å². The van der Waals surface area contributed by atoms with Crippen molar-refractivity contribution in [1.29, 1.82) is 0 Å². The van der Waals surface area contributed by atoms with E-state index in [0.29, 0.717) is 30.7 Å². The molecule has 3 heterocycles. The fourth-order valence-corrected chi connectivity index (χ4v) is 4.26. The van der Waals surface area contributed by atoms with Gasteiger partial charge in [-0.1, -0.05) is 0 Å². The van der Waals surface area contributed by atoms with Gasteiger partial charge in [-0.15, -0.1) is 0 Å². The van der Waals surface area contributed by atoms with Gasteiger partial charge in [0.05, 0.1) is 30.0 Å². The fraction of sp³-hybridized carbons (Fsp3) is 0.389. The van der Waals surface area contributed by atoms with Crippen LogP contribution in [0.2, 0.25) is 0 Å². The normalized spacial score (nSPS) is 17.6. The maximum Gasteiger partial charge on any atom is 0.419 e. The lowest BCUT2D eigenvalue weighted by Gasteiger charge is -2.35. The van der Waals surface area contributed by atoms with Gasteiger partial charge in [-0.3, -0.25) is 4.79 Å². The van der Waals surface area contributed by atoms with Crippen LogP contribution in [0.25, 0.3) is 0 Å². The van der Waals surface area contributed by atoms with Gasteiger partial charge >= 0.3 is 6.18 Å². The van der Waals surface area contributed by atoms with E-state index in [-0.39, 0.29) is 18.3 Å². The zero-order valence-electron chi connectivity index (χ0n) is 16.2. The summed E-state index contributed by atoms with van der Waals surface area (Å²) < 4.78 is 66.9. The van der Waals surface area contributed by atoms with Crippen LogP contribution in [-0.4, -0.2) is 43.6 Å². The van der Waals surface area contributed by atoms with Crippen LogP contribution in [0.5, 0.6) is 0 Å². The molecule has 9 nitrogen and oxygen atoms in total. The first-order valence-corrected chi connectivity index (χ1v) is 11.2. The van der Waals surface area contributed by atoms with Gasteiger partial charge in [-0.25, -0.2) is 23.1 Å². The number of amides is 1. The summed E-state index contributed by atoms with van der Waals surface area (Å²) in [5.41, 5.74) is 0.340. The van der Waals surface area contributed by atoms with E-state index in [4.69, 9.17) is 0 Å². The van der Waals surface area contributed by atoms with E-state index in [1.807, 2.05) is 0 Å². The third-order valence-electron chi connectivity index (χ3n) is 5.03. The lowest BCUT2D eigenvalue weighted by molar-refractivity contribution is -0.139. The molecular weight excluding hydrogens is 437 g/mol. The minimum Gasteiger partial charge on any atom is -0.326 e. The summed E-state index contributed by atoms with van der Waals surface area (Å²) in [5.74, 6) is -0.660. The molecule has 0 aliphatic carbocycles. The van der Waals surface area contributed by atoms with Crippen molar-refractivity contribution in [1.82, 2.24) is 20.0 Å². The highest BCUT2D eigenvalue weighted by Crippen LogP contribution is 2.37. The first-order chi connectivity index (χ1) is 14.5. The first-order valence-electron chi connectivity index (χ1n) is 9.31. The molecule has 0 radical (unpaired) electrons. The van der Waals surface area contributed by atoms with Crippen LogP contribution in [0.3, 0.4) is 0 Å². The molecule has 1 atom stereocenters. The largest absolute Gasteiger partial charge is 0.419 e. The number of anilines is 3. The number of benzene rings is 1. The number of nitrogens with zero attached hydrogens (tertiary/aromatic N) is 2. The number of sulfonamides is 1. The Morgan fingerprint density at radius 2 is 2.00 bits per heavy atom.